The lowest BCUT2D eigenvalue weighted by atomic mass is 10.2. The van der Waals surface area contributed by atoms with E-state index < -0.39 is 5.91 Å². The SMILES string of the molecule is O=C(CCCCC(=O)N/N=C/c1cccc(Oc2ccccc2)c1)NO. The number of hydrogen-bond acceptors (Lipinski definition) is 5. The molecule has 7 nitrogen and oxygen atoms in total. The molecular weight excluding hydrogens is 334 g/mol. The molecule has 0 unspecified atom stereocenters. The Kier molecular flexibility index (Phi) is 7.82. The van der Waals surface area contributed by atoms with Gasteiger partial charge in [-0.25, -0.2) is 10.9 Å². The van der Waals surface area contributed by atoms with Crippen LogP contribution in [0.4, 0.5) is 0 Å². The molecule has 2 amide bonds. The van der Waals surface area contributed by atoms with Crippen molar-refractivity contribution in [3.63, 3.8) is 0 Å². The fourth-order valence-electron chi connectivity index (χ4n) is 2.14. The Morgan fingerprint density at radius 3 is 2.38 bits per heavy atom. The summed E-state index contributed by atoms with van der Waals surface area (Å²) in [6, 6.07) is 16.8. The van der Waals surface area contributed by atoms with E-state index in [-0.39, 0.29) is 18.7 Å². The number of rotatable bonds is 9. The number of unbranched alkanes of at least 4 members (excludes halogenated alkanes) is 1. The third kappa shape index (κ3) is 7.14. The summed E-state index contributed by atoms with van der Waals surface area (Å²) in [6.45, 7) is 0. The molecule has 0 aliphatic carbocycles. The molecule has 0 aliphatic rings. The number of carbonyl (C=O) groups is 2. The molecule has 7 heteroatoms. The molecule has 2 aromatic carbocycles. The van der Waals surface area contributed by atoms with Gasteiger partial charge in [0.2, 0.25) is 11.8 Å². The smallest absolute Gasteiger partial charge is 0.243 e. The van der Waals surface area contributed by atoms with Crippen molar-refractivity contribution in [1.82, 2.24) is 10.9 Å². The maximum Gasteiger partial charge on any atom is 0.243 e. The second-order valence-electron chi connectivity index (χ2n) is 5.52. The minimum Gasteiger partial charge on any atom is -0.457 e. The number of nitrogens with one attached hydrogen (secondary N) is 2. The summed E-state index contributed by atoms with van der Waals surface area (Å²) in [7, 11) is 0. The summed E-state index contributed by atoms with van der Waals surface area (Å²) < 4.78 is 5.74. The summed E-state index contributed by atoms with van der Waals surface area (Å²) in [6.07, 6.45) is 3.03. The number of para-hydroxylation sites is 1. The average molecular weight is 355 g/mol. The largest absolute Gasteiger partial charge is 0.457 e. The third-order valence-electron chi connectivity index (χ3n) is 3.42. The average Bonchev–Trinajstić information content (AvgIpc) is 2.66. The van der Waals surface area contributed by atoms with Crippen LogP contribution in [-0.2, 0) is 9.59 Å². The van der Waals surface area contributed by atoms with Crippen molar-refractivity contribution in [2.45, 2.75) is 25.7 Å². The highest BCUT2D eigenvalue weighted by atomic mass is 16.5. The topological polar surface area (TPSA) is 100 Å². The molecule has 136 valence electrons. The van der Waals surface area contributed by atoms with Gasteiger partial charge in [-0.05, 0) is 42.7 Å². The fourth-order valence-corrected chi connectivity index (χ4v) is 2.14. The van der Waals surface area contributed by atoms with Gasteiger partial charge in [-0.3, -0.25) is 14.8 Å². The van der Waals surface area contributed by atoms with Gasteiger partial charge in [0.25, 0.3) is 0 Å². The molecule has 0 atom stereocenters. The molecule has 3 N–H and O–H groups in total. The van der Waals surface area contributed by atoms with Gasteiger partial charge in [-0.2, -0.15) is 5.10 Å². The molecule has 0 radical (unpaired) electrons. The Labute approximate surface area is 151 Å². The number of ether oxygens (including phenoxy) is 1. The molecule has 2 rings (SSSR count). The lowest BCUT2D eigenvalue weighted by Crippen LogP contribution is -2.19. The summed E-state index contributed by atoms with van der Waals surface area (Å²) in [5, 5.41) is 12.3. The molecule has 0 fully saturated rings. The number of amides is 2. The van der Waals surface area contributed by atoms with Gasteiger partial charge in [-0.15, -0.1) is 0 Å². The second kappa shape index (κ2) is 10.6. The van der Waals surface area contributed by atoms with E-state index in [2.05, 4.69) is 10.5 Å². The summed E-state index contributed by atoms with van der Waals surface area (Å²) in [5.41, 5.74) is 4.78. The molecule has 0 heterocycles. The third-order valence-corrected chi connectivity index (χ3v) is 3.42. The predicted molar refractivity (Wildman–Crippen MR) is 97.1 cm³/mol. The Bertz CT molecular complexity index is 747. The molecule has 26 heavy (non-hydrogen) atoms. The number of nitrogens with zero attached hydrogens (tertiary/aromatic N) is 1. The van der Waals surface area contributed by atoms with Crippen LogP contribution in [0.25, 0.3) is 0 Å². The van der Waals surface area contributed by atoms with Crippen molar-refractivity contribution in [2.75, 3.05) is 0 Å². The molecule has 0 bridgehead atoms. The van der Waals surface area contributed by atoms with Gasteiger partial charge in [0.1, 0.15) is 11.5 Å². The van der Waals surface area contributed by atoms with Gasteiger partial charge < -0.3 is 4.74 Å². The van der Waals surface area contributed by atoms with E-state index in [1.54, 1.807) is 5.48 Å². The van der Waals surface area contributed by atoms with Crippen LogP contribution in [-0.4, -0.2) is 23.2 Å². The molecule has 0 saturated carbocycles. The van der Waals surface area contributed by atoms with Crippen molar-refractivity contribution in [1.29, 1.82) is 0 Å². The minimum atomic E-state index is -0.457. The zero-order chi connectivity index (χ0) is 18.6. The van der Waals surface area contributed by atoms with Crippen LogP contribution >= 0.6 is 0 Å². The molecule has 0 aromatic heterocycles. The van der Waals surface area contributed by atoms with E-state index in [1.165, 1.54) is 6.21 Å². The van der Waals surface area contributed by atoms with E-state index in [1.807, 2.05) is 54.6 Å². The highest BCUT2D eigenvalue weighted by Gasteiger charge is 2.02. The first kappa shape index (κ1) is 19.1. The highest BCUT2D eigenvalue weighted by molar-refractivity contribution is 5.82. The van der Waals surface area contributed by atoms with Crippen molar-refractivity contribution < 1.29 is 19.5 Å². The quantitative estimate of drug-likeness (QED) is 0.279. The molecule has 0 aliphatic heterocycles. The van der Waals surface area contributed by atoms with Crippen LogP contribution in [0, 0.1) is 0 Å². The monoisotopic (exact) mass is 355 g/mol. The van der Waals surface area contributed by atoms with E-state index in [0.717, 1.165) is 11.3 Å². The van der Waals surface area contributed by atoms with Crippen molar-refractivity contribution in [2.24, 2.45) is 5.10 Å². The molecule has 0 saturated heterocycles. The first-order valence-corrected chi connectivity index (χ1v) is 8.25. The van der Waals surface area contributed by atoms with Gasteiger partial charge in [0, 0.05) is 12.8 Å². The Balaban J connectivity index is 1.76. The number of hydrazone groups is 1. The predicted octanol–water partition coefficient (Wildman–Crippen LogP) is 2.99. The standard InChI is InChI=1S/C19H21N3O4/c23-18(11-4-5-12-19(24)22-25)21-20-14-15-7-6-10-17(13-15)26-16-8-2-1-3-9-16/h1-3,6-10,13-14,25H,4-5,11-12H2,(H,21,23)(H,22,24)/b20-14+. The van der Waals surface area contributed by atoms with Crippen LogP contribution in [0.15, 0.2) is 59.7 Å². The minimum absolute atomic E-state index is 0.182. The van der Waals surface area contributed by atoms with Crippen LogP contribution in [0.5, 0.6) is 11.5 Å². The Morgan fingerprint density at radius 2 is 1.65 bits per heavy atom. The Morgan fingerprint density at radius 1 is 0.962 bits per heavy atom. The van der Waals surface area contributed by atoms with Gasteiger partial charge in [0.15, 0.2) is 0 Å². The van der Waals surface area contributed by atoms with E-state index >= 15 is 0 Å². The first-order chi connectivity index (χ1) is 12.7. The number of benzene rings is 2. The maximum absolute atomic E-state index is 11.7. The van der Waals surface area contributed by atoms with Crippen LogP contribution in [0.3, 0.4) is 0 Å². The summed E-state index contributed by atoms with van der Waals surface area (Å²) in [5.74, 6) is 0.724. The number of carbonyl (C=O) groups excluding carboxylic acids is 2. The molecule has 0 spiro atoms. The van der Waals surface area contributed by atoms with E-state index in [9.17, 15) is 9.59 Å². The zero-order valence-electron chi connectivity index (χ0n) is 14.2. The van der Waals surface area contributed by atoms with E-state index in [0.29, 0.717) is 18.6 Å². The first-order valence-electron chi connectivity index (χ1n) is 8.25. The van der Waals surface area contributed by atoms with Crippen LogP contribution in [0.2, 0.25) is 0 Å². The van der Waals surface area contributed by atoms with Crippen molar-refractivity contribution in [3.8, 4) is 11.5 Å². The maximum atomic E-state index is 11.7. The Hall–Kier alpha value is -3.19. The number of hydrogen-bond donors (Lipinski definition) is 3. The van der Waals surface area contributed by atoms with Crippen LogP contribution < -0.4 is 15.6 Å². The zero-order valence-corrected chi connectivity index (χ0v) is 14.2. The summed E-state index contributed by atoms with van der Waals surface area (Å²) in [4.78, 5) is 22.5. The van der Waals surface area contributed by atoms with Gasteiger partial charge in [-0.1, -0.05) is 30.3 Å². The number of hydroxylamine groups is 1. The molecule has 2 aromatic rings. The fraction of sp³-hybridized carbons (Fsp3) is 0.211. The van der Waals surface area contributed by atoms with Gasteiger partial charge >= 0.3 is 0 Å². The second-order valence-corrected chi connectivity index (χ2v) is 5.52. The van der Waals surface area contributed by atoms with Gasteiger partial charge in [0.05, 0.1) is 6.21 Å². The highest BCUT2D eigenvalue weighted by Crippen LogP contribution is 2.21. The van der Waals surface area contributed by atoms with Crippen molar-refractivity contribution >= 4 is 18.0 Å². The van der Waals surface area contributed by atoms with Crippen LogP contribution in [0.1, 0.15) is 31.2 Å². The van der Waals surface area contributed by atoms with Crippen molar-refractivity contribution in [3.05, 3.63) is 60.2 Å². The lowest BCUT2D eigenvalue weighted by molar-refractivity contribution is -0.129. The normalized spacial score (nSPS) is 10.5. The van der Waals surface area contributed by atoms with E-state index in [4.69, 9.17) is 9.94 Å². The summed E-state index contributed by atoms with van der Waals surface area (Å²) >= 11 is 0. The lowest BCUT2D eigenvalue weighted by Gasteiger charge is -2.05. The molecular formula is C19H21N3O4.